The molecule has 1 aromatic heterocycles. The molecule has 0 atom stereocenters. The SMILES string of the molecule is O=[N+]([O-])c1cnc(-c2ccc(CCO)cc2)nc1Cl. The van der Waals surface area contributed by atoms with Gasteiger partial charge in [-0.15, -0.1) is 0 Å². The van der Waals surface area contributed by atoms with Gasteiger partial charge in [0.05, 0.1) is 4.92 Å². The molecule has 0 unspecified atom stereocenters. The maximum Gasteiger partial charge on any atom is 0.324 e. The summed E-state index contributed by atoms with van der Waals surface area (Å²) in [4.78, 5) is 17.8. The summed E-state index contributed by atoms with van der Waals surface area (Å²) in [5.74, 6) is 0.325. The average molecular weight is 280 g/mol. The van der Waals surface area contributed by atoms with Crippen LogP contribution in [0.1, 0.15) is 5.56 Å². The highest BCUT2D eigenvalue weighted by Gasteiger charge is 2.15. The van der Waals surface area contributed by atoms with Crippen LogP contribution in [0.15, 0.2) is 30.5 Å². The van der Waals surface area contributed by atoms with Crippen molar-refractivity contribution in [3.8, 4) is 11.4 Å². The molecule has 1 N–H and O–H groups in total. The molecule has 0 fully saturated rings. The Bertz CT molecular complexity index is 602. The molecule has 0 radical (unpaired) electrons. The molecule has 0 spiro atoms. The Morgan fingerprint density at radius 2 is 2.00 bits per heavy atom. The molecule has 2 rings (SSSR count). The molecule has 1 aromatic carbocycles. The summed E-state index contributed by atoms with van der Waals surface area (Å²) in [5.41, 5.74) is 1.38. The van der Waals surface area contributed by atoms with Crippen LogP contribution in [0.3, 0.4) is 0 Å². The summed E-state index contributed by atoms with van der Waals surface area (Å²) >= 11 is 5.73. The Morgan fingerprint density at radius 1 is 1.32 bits per heavy atom. The molecular formula is C12H10ClN3O3. The zero-order valence-corrected chi connectivity index (χ0v) is 10.5. The van der Waals surface area contributed by atoms with Gasteiger partial charge in [0.2, 0.25) is 5.15 Å². The molecule has 0 bridgehead atoms. The van der Waals surface area contributed by atoms with Crippen molar-refractivity contribution in [3.05, 3.63) is 51.3 Å². The first-order chi connectivity index (χ1) is 9.11. The van der Waals surface area contributed by atoms with E-state index in [-0.39, 0.29) is 17.4 Å². The predicted octanol–water partition coefficient (Wildman–Crippen LogP) is 2.24. The Labute approximate surface area is 113 Å². The molecule has 1 heterocycles. The number of aliphatic hydroxyl groups excluding tert-OH is 1. The first kappa shape index (κ1) is 13.4. The third-order valence-electron chi connectivity index (χ3n) is 2.53. The van der Waals surface area contributed by atoms with Crippen LogP contribution in [0.2, 0.25) is 5.15 Å². The molecule has 2 aromatic rings. The molecule has 6 nitrogen and oxygen atoms in total. The van der Waals surface area contributed by atoms with Crippen LogP contribution in [0.4, 0.5) is 5.69 Å². The summed E-state index contributed by atoms with van der Waals surface area (Å²) in [7, 11) is 0. The van der Waals surface area contributed by atoms with Gasteiger partial charge in [0.1, 0.15) is 6.20 Å². The summed E-state index contributed by atoms with van der Waals surface area (Å²) in [5, 5.41) is 19.2. The quantitative estimate of drug-likeness (QED) is 0.527. The topological polar surface area (TPSA) is 89.2 Å². The third-order valence-corrected chi connectivity index (χ3v) is 2.81. The van der Waals surface area contributed by atoms with Crippen molar-refractivity contribution >= 4 is 17.3 Å². The normalized spacial score (nSPS) is 10.4. The monoisotopic (exact) mass is 279 g/mol. The van der Waals surface area contributed by atoms with E-state index in [0.717, 1.165) is 11.8 Å². The molecule has 19 heavy (non-hydrogen) atoms. The van der Waals surface area contributed by atoms with Gasteiger partial charge in [-0.1, -0.05) is 35.9 Å². The second kappa shape index (κ2) is 5.73. The van der Waals surface area contributed by atoms with E-state index in [1.165, 1.54) is 0 Å². The van der Waals surface area contributed by atoms with Crippen molar-refractivity contribution in [3.63, 3.8) is 0 Å². The Hall–Kier alpha value is -2.05. The van der Waals surface area contributed by atoms with Gasteiger partial charge in [-0.05, 0) is 12.0 Å². The van der Waals surface area contributed by atoms with Crippen LogP contribution < -0.4 is 0 Å². The van der Waals surface area contributed by atoms with E-state index in [1.54, 1.807) is 12.1 Å². The number of aromatic nitrogens is 2. The number of aliphatic hydroxyl groups is 1. The smallest absolute Gasteiger partial charge is 0.324 e. The Kier molecular flexibility index (Phi) is 4.03. The molecule has 0 aliphatic rings. The number of rotatable bonds is 4. The van der Waals surface area contributed by atoms with Crippen LogP contribution in [-0.2, 0) is 6.42 Å². The Balaban J connectivity index is 2.31. The molecule has 0 saturated carbocycles. The third kappa shape index (κ3) is 3.04. The molecule has 0 aliphatic carbocycles. The van der Waals surface area contributed by atoms with Crippen LogP contribution in [0, 0.1) is 10.1 Å². The zero-order valence-electron chi connectivity index (χ0n) is 9.78. The van der Waals surface area contributed by atoms with Crippen LogP contribution >= 0.6 is 11.6 Å². The van der Waals surface area contributed by atoms with E-state index in [1.807, 2.05) is 12.1 Å². The average Bonchev–Trinajstić information content (AvgIpc) is 2.39. The first-order valence-electron chi connectivity index (χ1n) is 5.49. The largest absolute Gasteiger partial charge is 0.396 e. The maximum absolute atomic E-state index is 10.6. The van der Waals surface area contributed by atoms with Crippen molar-refractivity contribution in [2.24, 2.45) is 0 Å². The van der Waals surface area contributed by atoms with Crippen molar-refractivity contribution < 1.29 is 10.0 Å². The fraction of sp³-hybridized carbons (Fsp3) is 0.167. The second-order valence-electron chi connectivity index (χ2n) is 3.80. The van der Waals surface area contributed by atoms with E-state index in [9.17, 15) is 10.1 Å². The summed E-state index contributed by atoms with van der Waals surface area (Å²) < 4.78 is 0. The van der Waals surface area contributed by atoms with Crippen molar-refractivity contribution in [2.75, 3.05) is 6.61 Å². The Morgan fingerprint density at radius 3 is 2.53 bits per heavy atom. The van der Waals surface area contributed by atoms with Crippen molar-refractivity contribution in [2.45, 2.75) is 6.42 Å². The standard InChI is InChI=1S/C12H10ClN3O3/c13-11-10(16(18)19)7-14-12(15-11)9-3-1-8(2-4-9)5-6-17/h1-4,7,17H,5-6H2. The van der Waals surface area contributed by atoms with Crippen LogP contribution in [0.5, 0.6) is 0 Å². The number of nitro groups is 1. The van der Waals surface area contributed by atoms with Gasteiger partial charge in [-0.25, -0.2) is 9.97 Å². The minimum Gasteiger partial charge on any atom is -0.396 e. The predicted molar refractivity (Wildman–Crippen MR) is 69.9 cm³/mol. The minimum atomic E-state index is -0.629. The van der Waals surface area contributed by atoms with Gasteiger partial charge in [-0.3, -0.25) is 10.1 Å². The van der Waals surface area contributed by atoms with Gasteiger partial charge >= 0.3 is 5.69 Å². The zero-order chi connectivity index (χ0) is 13.8. The van der Waals surface area contributed by atoms with Crippen molar-refractivity contribution in [1.29, 1.82) is 0 Å². The van der Waals surface area contributed by atoms with Gasteiger partial charge in [0, 0.05) is 12.2 Å². The lowest BCUT2D eigenvalue weighted by molar-refractivity contribution is -0.385. The first-order valence-corrected chi connectivity index (χ1v) is 5.86. The molecular weight excluding hydrogens is 270 g/mol. The highest BCUT2D eigenvalue weighted by molar-refractivity contribution is 6.31. The number of halogens is 1. The molecule has 7 heteroatoms. The van der Waals surface area contributed by atoms with Gasteiger partial charge in [0.25, 0.3) is 0 Å². The number of hydrogen-bond donors (Lipinski definition) is 1. The lowest BCUT2D eigenvalue weighted by atomic mass is 10.1. The van der Waals surface area contributed by atoms with Gasteiger partial charge in [-0.2, -0.15) is 0 Å². The summed E-state index contributed by atoms with van der Waals surface area (Å²) in [6.45, 7) is 0.0825. The fourth-order valence-corrected chi connectivity index (χ4v) is 1.76. The fourth-order valence-electron chi connectivity index (χ4n) is 1.57. The van der Waals surface area contributed by atoms with Gasteiger partial charge < -0.3 is 5.11 Å². The number of benzene rings is 1. The highest BCUT2D eigenvalue weighted by Crippen LogP contribution is 2.24. The lowest BCUT2D eigenvalue weighted by Gasteiger charge is -2.02. The lowest BCUT2D eigenvalue weighted by Crippen LogP contribution is -1.96. The van der Waals surface area contributed by atoms with E-state index < -0.39 is 4.92 Å². The molecule has 98 valence electrons. The molecule has 0 saturated heterocycles. The second-order valence-corrected chi connectivity index (χ2v) is 4.16. The highest BCUT2D eigenvalue weighted by atomic mass is 35.5. The van der Waals surface area contributed by atoms with Crippen LogP contribution in [0.25, 0.3) is 11.4 Å². The number of nitrogens with zero attached hydrogens (tertiary/aromatic N) is 3. The molecule has 0 aliphatic heterocycles. The van der Waals surface area contributed by atoms with E-state index in [2.05, 4.69) is 9.97 Å². The van der Waals surface area contributed by atoms with E-state index in [4.69, 9.17) is 16.7 Å². The molecule has 0 amide bonds. The van der Waals surface area contributed by atoms with E-state index in [0.29, 0.717) is 17.8 Å². The van der Waals surface area contributed by atoms with Crippen molar-refractivity contribution in [1.82, 2.24) is 9.97 Å². The summed E-state index contributed by atoms with van der Waals surface area (Å²) in [6, 6.07) is 7.24. The maximum atomic E-state index is 10.6. The van der Waals surface area contributed by atoms with Crippen LogP contribution in [-0.4, -0.2) is 26.6 Å². The van der Waals surface area contributed by atoms with Gasteiger partial charge in [0.15, 0.2) is 5.82 Å². The van der Waals surface area contributed by atoms with E-state index >= 15 is 0 Å². The number of hydrogen-bond acceptors (Lipinski definition) is 5. The summed E-state index contributed by atoms with van der Waals surface area (Å²) in [6.07, 6.45) is 1.66. The minimum absolute atomic E-state index is 0.0825.